The van der Waals surface area contributed by atoms with Gasteiger partial charge in [0.25, 0.3) is 17.5 Å². The Kier molecular flexibility index (Phi) is 6.03. The zero-order valence-corrected chi connectivity index (χ0v) is 19.7. The van der Waals surface area contributed by atoms with E-state index < -0.39 is 28.3 Å². The smallest absolute Gasteiger partial charge is 0.410 e. The summed E-state index contributed by atoms with van der Waals surface area (Å²) in [6, 6.07) is 6.10. The van der Waals surface area contributed by atoms with Gasteiger partial charge in [0.15, 0.2) is 0 Å². The number of piperazine rings is 1. The summed E-state index contributed by atoms with van der Waals surface area (Å²) in [4.78, 5) is 54.4. The van der Waals surface area contributed by atoms with E-state index in [9.17, 15) is 24.5 Å². The molecule has 1 aromatic carbocycles. The molecule has 1 aliphatic carbocycles. The standard InChI is InChI=1S/C24H28N4O6/c1-15-18(25-11-13-26(14-12-25)23(31)34-24(2,3)4)9-10-19(20(15)28(32)33)27-21(29)16-7-5-6-8-17(16)22(27)30/h5-10,15,18H,11-14H2,1-4H3. The van der Waals surface area contributed by atoms with Crippen LogP contribution in [0.2, 0.25) is 0 Å². The van der Waals surface area contributed by atoms with E-state index in [0.717, 1.165) is 4.90 Å². The number of hydrogen-bond donors (Lipinski definition) is 0. The van der Waals surface area contributed by atoms with E-state index in [2.05, 4.69) is 4.90 Å². The lowest BCUT2D eigenvalue weighted by atomic mass is 9.89. The van der Waals surface area contributed by atoms with Gasteiger partial charge in [-0.15, -0.1) is 0 Å². The molecule has 0 radical (unpaired) electrons. The van der Waals surface area contributed by atoms with Crippen LogP contribution in [-0.2, 0) is 4.74 Å². The van der Waals surface area contributed by atoms with Gasteiger partial charge < -0.3 is 9.64 Å². The van der Waals surface area contributed by atoms with E-state index in [1.807, 2.05) is 20.8 Å². The number of imide groups is 1. The van der Waals surface area contributed by atoms with Crippen LogP contribution in [0, 0.1) is 16.0 Å². The normalized spacial score (nSPS) is 23.4. The van der Waals surface area contributed by atoms with Crippen LogP contribution in [-0.4, -0.2) is 75.4 Å². The largest absolute Gasteiger partial charge is 0.444 e. The number of benzene rings is 1. The van der Waals surface area contributed by atoms with Crippen molar-refractivity contribution >= 4 is 17.9 Å². The molecule has 1 saturated heterocycles. The molecular weight excluding hydrogens is 440 g/mol. The molecule has 2 heterocycles. The maximum Gasteiger partial charge on any atom is 0.410 e. The number of nitrogens with zero attached hydrogens (tertiary/aromatic N) is 4. The maximum absolute atomic E-state index is 12.9. The van der Waals surface area contributed by atoms with Gasteiger partial charge in [-0.1, -0.05) is 25.1 Å². The minimum Gasteiger partial charge on any atom is -0.444 e. The highest BCUT2D eigenvalue weighted by Gasteiger charge is 2.45. The van der Waals surface area contributed by atoms with Crippen molar-refractivity contribution in [2.75, 3.05) is 26.2 Å². The van der Waals surface area contributed by atoms with Gasteiger partial charge in [0, 0.05) is 32.2 Å². The first-order chi connectivity index (χ1) is 16.0. The summed E-state index contributed by atoms with van der Waals surface area (Å²) in [5, 5.41) is 12.1. The van der Waals surface area contributed by atoms with Crippen molar-refractivity contribution < 1.29 is 24.0 Å². The molecule has 2 aliphatic heterocycles. The predicted octanol–water partition coefficient (Wildman–Crippen LogP) is 2.90. The molecular formula is C24H28N4O6. The summed E-state index contributed by atoms with van der Waals surface area (Å²) in [6.07, 6.45) is 2.93. The average molecular weight is 469 g/mol. The van der Waals surface area contributed by atoms with Crippen LogP contribution >= 0.6 is 0 Å². The highest BCUT2D eigenvalue weighted by atomic mass is 16.6. The number of carbonyl (C=O) groups excluding carboxylic acids is 3. The number of allylic oxidation sites excluding steroid dienone is 1. The summed E-state index contributed by atoms with van der Waals surface area (Å²) >= 11 is 0. The molecule has 0 saturated carbocycles. The fraction of sp³-hybridized carbons (Fsp3) is 0.458. The van der Waals surface area contributed by atoms with E-state index in [1.165, 1.54) is 6.08 Å². The first-order valence-corrected chi connectivity index (χ1v) is 11.3. The number of ether oxygens (including phenoxy) is 1. The Bertz CT molecular complexity index is 1080. The fourth-order valence-corrected chi connectivity index (χ4v) is 4.66. The minimum absolute atomic E-state index is 0.00680. The highest BCUT2D eigenvalue weighted by molar-refractivity contribution is 6.22. The van der Waals surface area contributed by atoms with E-state index in [-0.39, 0.29) is 34.7 Å². The quantitative estimate of drug-likeness (QED) is 0.381. The topological polar surface area (TPSA) is 113 Å². The maximum atomic E-state index is 12.9. The first kappa shape index (κ1) is 23.6. The van der Waals surface area contributed by atoms with E-state index in [4.69, 9.17) is 4.74 Å². The molecule has 1 aromatic rings. The van der Waals surface area contributed by atoms with Gasteiger partial charge in [0.2, 0.25) is 0 Å². The lowest BCUT2D eigenvalue weighted by Gasteiger charge is -2.41. The summed E-state index contributed by atoms with van der Waals surface area (Å²) in [6.45, 7) is 9.08. The number of amides is 3. The zero-order valence-electron chi connectivity index (χ0n) is 19.7. The van der Waals surface area contributed by atoms with Crippen LogP contribution in [0.3, 0.4) is 0 Å². The zero-order chi connectivity index (χ0) is 24.8. The third-order valence-corrected chi connectivity index (χ3v) is 6.28. The Morgan fingerprint density at radius 1 is 1.06 bits per heavy atom. The second-order valence-corrected chi connectivity index (χ2v) is 9.66. The van der Waals surface area contributed by atoms with Crippen LogP contribution < -0.4 is 0 Å². The molecule has 3 amide bonds. The second-order valence-electron chi connectivity index (χ2n) is 9.66. The molecule has 2 unspecified atom stereocenters. The number of fused-ring (bicyclic) bond motifs is 1. The molecule has 2 atom stereocenters. The fourth-order valence-electron chi connectivity index (χ4n) is 4.66. The molecule has 3 aliphatic rings. The monoisotopic (exact) mass is 468 g/mol. The highest BCUT2D eigenvalue weighted by Crippen LogP contribution is 2.35. The Morgan fingerprint density at radius 3 is 2.12 bits per heavy atom. The number of nitro groups is 1. The number of hydrogen-bond acceptors (Lipinski definition) is 7. The van der Waals surface area contributed by atoms with Crippen molar-refractivity contribution in [3.8, 4) is 0 Å². The summed E-state index contributed by atoms with van der Waals surface area (Å²) < 4.78 is 5.43. The molecule has 0 N–H and O–H groups in total. The summed E-state index contributed by atoms with van der Waals surface area (Å²) in [7, 11) is 0. The molecule has 0 aromatic heterocycles. The van der Waals surface area contributed by atoms with Crippen LogP contribution in [0.4, 0.5) is 4.79 Å². The molecule has 0 bridgehead atoms. The van der Waals surface area contributed by atoms with Crippen molar-refractivity contribution in [1.82, 2.24) is 14.7 Å². The molecule has 0 spiro atoms. The van der Waals surface area contributed by atoms with Crippen molar-refractivity contribution in [1.29, 1.82) is 0 Å². The number of carbonyl (C=O) groups is 3. The molecule has 180 valence electrons. The molecule has 10 heteroatoms. The van der Waals surface area contributed by atoms with Gasteiger partial charge >= 0.3 is 6.09 Å². The van der Waals surface area contributed by atoms with Crippen molar-refractivity contribution in [3.63, 3.8) is 0 Å². The third-order valence-electron chi connectivity index (χ3n) is 6.28. The van der Waals surface area contributed by atoms with E-state index >= 15 is 0 Å². The Balaban J connectivity index is 1.53. The Labute approximate surface area is 197 Å². The minimum atomic E-state index is -0.583. The van der Waals surface area contributed by atoms with Crippen molar-refractivity contribution in [2.45, 2.75) is 39.3 Å². The number of rotatable bonds is 3. The third kappa shape index (κ3) is 4.21. The van der Waals surface area contributed by atoms with Crippen molar-refractivity contribution in [3.05, 3.63) is 69.1 Å². The molecule has 1 fully saturated rings. The SMILES string of the molecule is CC1C([N+](=O)[O-])=C(N2C(=O)c3ccccc3C2=O)C=CC1N1CCN(C(=O)OC(C)(C)C)CC1. The lowest BCUT2D eigenvalue weighted by molar-refractivity contribution is -0.436. The summed E-state index contributed by atoms with van der Waals surface area (Å²) in [5.74, 6) is -1.69. The van der Waals surface area contributed by atoms with Gasteiger partial charge in [0.05, 0.1) is 22.0 Å². The van der Waals surface area contributed by atoms with Gasteiger partial charge in [-0.05, 0) is 39.0 Å². The Morgan fingerprint density at radius 2 is 1.62 bits per heavy atom. The van der Waals surface area contributed by atoms with Crippen LogP contribution in [0.5, 0.6) is 0 Å². The van der Waals surface area contributed by atoms with Gasteiger partial charge in [-0.3, -0.25) is 24.6 Å². The van der Waals surface area contributed by atoms with Crippen LogP contribution in [0.1, 0.15) is 48.4 Å². The van der Waals surface area contributed by atoms with Crippen LogP contribution in [0.25, 0.3) is 0 Å². The lowest BCUT2D eigenvalue weighted by Crippen LogP contribution is -2.54. The van der Waals surface area contributed by atoms with Crippen LogP contribution in [0.15, 0.2) is 47.8 Å². The molecule has 4 rings (SSSR count). The molecule has 34 heavy (non-hydrogen) atoms. The Hall–Kier alpha value is -3.53. The average Bonchev–Trinajstić information content (AvgIpc) is 3.02. The summed E-state index contributed by atoms with van der Waals surface area (Å²) in [5.41, 5.74) is -0.266. The van der Waals surface area contributed by atoms with Gasteiger partial charge in [-0.25, -0.2) is 9.69 Å². The van der Waals surface area contributed by atoms with Crippen molar-refractivity contribution in [2.24, 2.45) is 5.92 Å². The van der Waals surface area contributed by atoms with Gasteiger partial charge in [0.1, 0.15) is 11.3 Å². The van der Waals surface area contributed by atoms with E-state index in [0.29, 0.717) is 26.2 Å². The van der Waals surface area contributed by atoms with E-state index in [1.54, 1.807) is 42.2 Å². The predicted molar refractivity (Wildman–Crippen MR) is 122 cm³/mol. The van der Waals surface area contributed by atoms with Gasteiger partial charge in [-0.2, -0.15) is 0 Å². The first-order valence-electron chi connectivity index (χ1n) is 11.3. The molecule has 10 nitrogen and oxygen atoms in total. The second kappa shape index (κ2) is 8.68.